The number of carbonyl (C=O) groups excluding carboxylic acids is 3. The predicted molar refractivity (Wildman–Crippen MR) is 128 cm³/mol. The Morgan fingerprint density at radius 3 is 1.11 bits per heavy atom. The Labute approximate surface area is 207 Å². The first-order valence-electron chi connectivity index (χ1n) is 11.1. The van der Waals surface area contributed by atoms with Gasteiger partial charge in [-0.1, -0.05) is 43.3 Å². The standard InChI is InChI=1S/C27H26O9/c1-2-27(15-34-24(31)18-9-3-6-12-21(18)28,16-35-25(32)19-10-4-7-13-22(19)29)17-36-26(33)20-11-5-8-14-23(20)30/h3-14,28-30H,2,15-17H2,1H3. The summed E-state index contributed by atoms with van der Waals surface area (Å²) in [7, 11) is 0. The Morgan fingerprint density at radius 2 is 0.861 bits per heavy atom. The summed E-state index contributed by atoms with van der Waals surface area (Å²) in [5.41, 5.74) is -1.33. The highest BCUT2D eigenvalue weighted by Crippen LogP contribution is 2.28. The molecule has 0 saturated heterocycles. The Morgan fingerprint density at radius 1 is 0.583 bits per heavy atom. The number of hydrogen-bond acceptors (Lipinski definition) is 9. The quantitative estimate of drug-likeness (QED) is 0.281. The second-order valence-electron chi connectivity index (χ2n) is 8.13. The van der Waals surface area contributed by atoms with Gasteiger partial charge in [0.2, 0.25) is 0 Å². The molecule has 3 aromatic rings. The monoisotopic (exact) mass is 494 g/mol. The molecule has 0 amide bonds. The van der Waals surface area contributed by atoms with Crippen LogP contribution >= 0.6 is 0 Å². The molecular weight excluding hydrogens is 468 g/mol. The van der Waals surface area contributed by atoms with E-state index in [4.69, 9.17) is 14.2 Å². The third-order valence-corrected chi connectivity index (χ3v) is 5.65. The molecule has 188 valence electrons. The maximum absolute atomic E-state index is 12.6. The van der Waals surface area contributed by atoms with Crippen LogP contribution in [0, 0.1) is 5.41 Å². The van der Waals surface area contributed by atoms with Crippen LogP contribution in [0.1, 0.15) is 44.4 Å². The van der Waals surface area contributed by atoms with Gasteiger partial charge in [-0.2, -0.15) is 0 Å². The lowest BCUT2D eigenvalue weighted by Crippen LogP contribution is -2.39. The van der Waals surface area contributed by atoms with Gasteiger partial charge in [0.1, 0.15) is 53.8 Å². The largest absolute Gasteiger partial charge is 0.507 e. The van der Waals surface area contributed by atoms with Gasteiger partial charge in [0.05, 0.1) is 5.41 Å². The average molecular weight is 494 g/mol. The number of rotatable bonds is 10. The van der Waals surface area contributed by atoms with Crippen molar-refractivity contribution >= 4 is 17.9 Å². The SMILES string of the molecule is CCC(COC(=O)c1ccccc1O)(COC(=O)c1ccccc1O)COC(=O)c1ccccc1O. The highest BCUT2D eigenvalue weighted by molar-refractivity contribution is 5.93. The average Bonchev–Trinajstić information content (AvgIpc) is 2.89. The first-order chi connectivity index (χ1) is 17.3. The lowest BCUT2D eigenvalue weighted by atomic mass is 9.88. The lowest BCUT2D eigenvalue weighted by molar-refractivity contribution is -0.0382. The molecule has 0 aliphatic heterocycles. The van der Waals surface area contributed by atoms with E-state index in [1.807, 2.05) is 0 Å². The zero-order valence-corrected chi connectivity index (χ0v) is 19.5. The minimum atomic E-state index is -1.17. The van der Waals surface area contributed by atoms with E-state index in [1.54, 1.807) is 43.3 Å². The van der Waals surface area contributed by atoms with Crippen molar-refractivity contribution in [3.63, 3.8) is 0 Å². The van der Waals surface area contributed by atoms with E-state index in [9.17, 15) is 29.7 Å². The molecule has 0 fully saturated rings. The Balaban J connectivity index is 1.78. The third kappa shape index (κ3) is 6.32. The highest BCUT2D eigenvalue weighted by Gasteiger charge is 2.35. The summed E-state index contributed by atoms with van der Waals surface area (Å²) in [4.78, 5) is 37.7. The highest BCUT2D eigenvalue weighted by atomic mass is 16.6. The predicted octanol–water partition coefficient (Wildman–Crippen LogP) is 4.07. The molecule has 9 heteroatoms. The molecule has 9 nitrogen and oxygen atoms in total. The summed E-state index contributed by atoms with van der Waals surface area (Å²) >= 11 is 0. The molecule has 0 bridgehead atoms. The van der Waals surface area contributed by atoms with Gasteiger partial charge in [0.25, 0.3) is 0 Å². The van der Waals surface area contributed by atoms with Crippen molar-refractivity contribution in [2.75, 3.05) is 19.8 Å². The molecule has 0 aliphatic carbocycles. The van der Waals surface area contributed by atoms with Crippen LogP contribution < -0.4 is 0 Å². The van der Waals surface area contributed by atoms with E-state index in [-0.39, 0.29) is 60.2 Å². The Bertz CT molecular complexity index is 1090. The van der Waals surface area contributed by atoms with Crippen molar-refractivity contribution in [3.05, 3.63) is 89.5 Å². The molecule has 0 aliphatic rings. The van der Waals surface area contributed by atoms with Crippen LogP contribution in [0.5, 0.6) is 17.2 Å². The van der Waals surface area contributed by atoms with Gasteiger partial charge in [-0.3, -0.25) is 0 Å². The molecule has 0 spiro atoms. The molecular formula is C27H26O9. The van der Waals surface area contributed by atoms with Crippen LogP contribution in [0.3, 0.4) is 0 Å². The number of esters is 3. The first kappa shape index (κ1) is 26.1. The van der Waals surface area contributed by atoms with Crippen molar-refractivity contribution in [2.45, 2.75) is 13.3 Å². The fourth-order valence-corrected chi connectivity index (χ4v) is 3.26. The fourth-order valence-electron chi connectivity index (χ4n) is 3.26. The molecule has 36 heavy (non-hydrogen) atoms. The summed E-state index contributed by atoms with van der Waals surface area (Å²) in [5, 5.41) is 29.8. The molecule has 3 aromatic carbocycles. The van der Waals surface area contributed by atoms with Crippen LogP contribution in [0.25, 0.3) is 0 Å². The number of ether oxygens (including phenoxy) is 3. The first-order valence-corrected chi connectivity index (χ1v) is 11.1. The smallest absolute Gasteiger partial charge is 0.341 e. The fraction of sp³-hybridized carbons (Fsp3) is 0.222. The molecule has 3 rings (SSSR count). The zero-order valence-electron chi connectivity index (χ0n) is 19.5. The van der Waals surface area contributed by atoms with E-state index in [2.05, 4.69) is 0 Å². The van der Waals surface area contributed by atoms with Crippen molar-refractivity contribution in [2.24, 2.45) is 5.41 Å². The van der Waals surface area contributed by atoms with E-state index < -0.39 is 23.3 Å². The number of hydrogen-bond donors (Lipinski definition) is 3. The number of aromatic hydroxyl groups is 3. The molecule has 0 unspecified atom stereocenters. The number of phenols is 3. The van der Waals surface area contributed by atoms with E-state index >= 15 is 0 Å². The number of para-hydroxylation sites is 3. The Hall–Kier alpha value is -4.53. The molecule has 0 aromatic heterocycles. The maximum atomic E-state index is 12.6. The van der Waals surface area contributed by atoms with Gasteiger partial charge < -0.3 is 29.5 Å². The van der Waals surface area contributed by atoms with Gasteiger partial charge in [0, 0.05) is 0 Å². The van der Waals surface area contributed by atoms with Crippen molar-refractivity contribution < 1.29 is 43.9 Å². The summed E-state index contributed by atoms with van der Waals surface area (Å²) in [6.07, 6.45) is 0.253. The minimum Gasteiger partial charge on any atom is -0.507 e. The van der Waals surface area contributed by atoms with E-state index in [0.717, 1.165) is 0 Å². The second kappa shape index (κ2) is 11.7. The number of carbonyl (C=O) groups is 3. The molecule has 0 saturated carbocycles. The van der Waals surface area contributed by atoms with Gasteiger partial charge >= 0.3 is 17.9 Å². The maximum Gasteiger partial charge on any atom is 0.341 e. The molecule has 0 radical (unpaired) electrons. The summed E-state index contributed by atoms with van der Waals surface area (Å²) in [6, 6.07) is 17.5. The van der Waals surface area contributed by atoms with Crippen LogP contribution in [-0.4, -0.2) is 53.0 Å². The van der Waals surface area contributed by atoms with Gasteiger partial charge in [-0.25, -0.2) is 14.4 Å². The second-order valence-corrected chi connectivity index (χ2v) is 8.13. The Kier molecular flexibility index (Phi) is 8.51. The lowest BCUT2D eigenvalue weighted by Gasteiger charge is -2.31. The van der Waals surface area contributed by atoms with E-state index in [0.29, 0.717) is 0 Å². The van der Waals surface area contributed by atoms with Gasteiger partial charge in [-0.05, 0) is 42.8 Å². The van der Waals surface area contributed by atoms with Crippen molar-refractivity contribution in [1.82, 2.24) is 0 Å². The molecule has 0 atom stereocenters. The summed E-state index contributed by atoms with van der Waals surface area (Å²) in [6.45, 7) is 0.770. The van der Waals surface area contributed by atoms with Crippen molar-refractivity contribution in [1.29, 1.82) is 0 Å². The van der Waals surface area contributed by atoms with Crippen LogP contribution in [0.15, 0.2) is 72.8 Å². The summed E-state index contributed by atoms with van der Waals surface area (Å²) in [5.74, 6) is -3.23. The van der Waals surface area contributed by atoms with Gasteiger partial charge in [-0.15, -0.1) is 0 Å². The topological polar surface area (TPSA) is 140 Å². The number of phenolic OH excluding ortho intramolecular Hbond substituents is 3. The molecule has 3 N–H and O–H groups in total. The molecule has 0 heterocycles. The number of benzene rings is 3. The van der Waals surface area contributed by atoms with Crippen LogP contribution in [-0.2, 0) is 14.2 Å². The third-order valence-electron chi connectivity index (χ3n) is 5.65. The van der Waals surface area contributed by atoms with Gasteiger partial charge in [0.15, 0.2) is 0 Å². The van der Waals surface area contributed by atoms with Crippen LogP contribution in [0.2, 0.25) is 0 Å². The zero-order chi connectivity index (χ0) is 26.1. The van der Waals surface area contributed by atoms with E-state index in [1.165, 1.54) is 36.4 Å². The van der Waals surface area contributed by atoms with Crippen molar-refractivity contribution in [3.8, 4) is 17.2 Å². The minimum absolute atomic E-state index is 0.0556. The van der Waals surface area contributed by atoms with Crippen LogP contribution in [0.4, 0.5) is 0 Å². The summed E-state index contributed by atoms with van der Waals surface area (Å²) < 4.78 is 16.2. The normalized spacial score (nSPS) is 10.9.